The van der Waals surface area contributed by atoms with Crippen molar-refractivity contribution < 1.29 is 9.18 Å². The van der Waals surface area contributed by atoms with E-state index in [-0.39, 0.29) is 12.4 Å². The van der Waals surface area contributed by atoms with Crippen molar-refractivity contribution in [1.29, 1.82) is 0 Å². The zero-order valence-corrected chi connectivity index (χ0v) is 9.92. The van der Waals surface area contributed by atoms with Crippen LogP contribution < -0.4 is 10.6 Å². The predicted octanol–water partition coefficient (Wildman–Crippen LogP) is 1.40. The lowest BCUT2D eigenvalue weighted by atomic mass is 10.1. The molecule has 0 bridgehead atoms. The molecule has 1 atom stereocenters. The van der Waals surface area contributed by atoms with E-state index < -0.39 is 11.7 Å². The van der Waals surface area contributed by atoms with Crippen molar-refractivity contribution in [3.05, 3.63) is 11.4 Å². The molecule has 2 N–H and O–H groups in total. The topological polar surface area (TPSA) is 41.1 Å². The van der Waals surface area contributed by atoms with Crippen molar-refractivity contribution in [1.82, 2.24) is 10.6 Å². The van der Waals surface area contributed by atoms with E-state index in [9.17, 15) is 9.18 Å². The summed E-state index contributed by atoms with van der Waals surface area (Å²) in [6, 6.07) is 0. The molecule has 1 amide bonds. The van der Waals surface area contributed by atoms with Crippen LogP contribution in [0.4, 0.5) is 4.39 Å². The van der Waals surface area contributed by atoms with Gasteiger partial charge in [0.1, 0.15) is 0 Å². The molecule has 1 unspecified atom stereocenters. The molecule has 1 aliphatic heterocycles. The summed E-state index contributed by atoms with van der Waals surface area (Å²) < 4.78 is 13.0. The van der Waals surface area contributed by atoms with Gasteiger partial charge >= 0.3 is 0 Å². The summed E-state index contributed by atoms with van der Waals surface area (Å²) in [5, 5.41) is 5.78. The Labute approximate surface area is 95.9 Å². The third-order valence-corrected chi connectivity index (χ3v) is 2.35. The largest absolute Gasteiger partial charge is 0.350 e. The zero-order chi connectivity index (χ0) is 10.6. The molecule has 0 aromatic carbocycles. The number of hydrogen-bond donors (Lipinski definition) is 2. The summed E-state index contributed by atoms with van der Waals surface area (Å²) in [5.41, 5.74) is 0.423. The Balaban J connectivity index is 0.00000196. The highest BCUT2D eigenvalue weighted by atomic mass is 35.5. The molecule has 3 nitrogen and oxygen atoms in total. The molecule has 1 saturated heterocycles. The van der Waals surface area contributed by atoms with Crippen LogP contribution >= 0.6 is 12.4 Å². The minimum Gasteiger partial charge on any atom is -0.350 e. The molecule has 88 valence electrons. The fourth-order valence-corrected chi connectivity index (χ4v) is 1.43. The number of allylic oxidation sites excluding steroid dienone is 1. The fraction of sp³-hybridized carbons (Fsp3) is 0.700. The highest BCUT2D eigenvalue weighted by Gasteiger charge is 2.16. The number of nitrogens with one attached hydrogen (secondary N) is 2. The number of carbonyl (C=O) groups is 1. The second kappa shape index (κ2) is 6.80. The maximum Gasteiger partial charge on any atom is 0.279 e. The molecule has 0 saturated carbocycles. The first-order valence-corrected chi connectivity index (χ1v) is 4.93. The van der Waals surface area contributed by atoms with Crippen molar-refractivity contribution in [3.8, 4) is 0 Å². The van der Waals surface area contributed by atoms with E-state index in [4.69, 9.17) is 0 Å². The number of hydrogen-bond acceptors (Lipinski definition) is 2. The van der Waals surface area contributed by atoms with Gasteiger partial charge in [-0.3, -0.25) is 4.79 Å². The number of amides is 1. The van der Waals surface area contributed by atoms with Gasteiger partial charge in [-0.05, 0) is 44.8 Å². The molecule has 1 heterocycles. The Hall–Kier alpha value is -0.610. The fourth-order valence-electron chi connectivity index (χ4n) is 1.43. The van der Waals surface area contributed by atoms with Gasteiger partial charge in [0, 0.05) is 6.54 Å². The van der Waals surface area contributed by atoms with Gasteiger partial charge in [0.15, 0.2) is 5.83 Å². The van der Waals surface area contributed by atoms with E-state index >= 15 is 0 Å². The summed E-state index contributed by atoms with van der Waals surface area (Å²) >= 11 is 0. The van der Waals surface area contributed by atoms with E-state index in [1.807, 2.05) is 0 Å². The van der Waals surface area contributed by atoms with Gasteiger partial charge in [-0.2, -0.15) is 0 Å². The third kappa shape index (κ3) is 4.62. The minimum absolute atomic E-state index is 0. The van der Waals surface area contributed by atoms with Crippen LogP contribution in [0, 0.1) is 5.92 Å². The van der Waals surface area contributed by atoms with Crippen LogP contribution in [0.15, 0.2) is 11.4 Å². The van der Waals surface area contributed by atoms with E-state index in [0.717, 1.165) is 19.5 Å². The predicted molar refractivity (Wildman–Crippen MR) is 60.7 cm³/mol. The first-order chi connectivity index (χ1) is 6.61. The highest BCUT2D eigenvalue weighted by Crippen LogP contribution is 2.07. The average molecular weight is 237 g/mol. The SMILES string of the molecule is CC(C)=C(F)C(=O)NCC1CCNC1.Cl. The van der Waals surface area contributed by atoms with Crippen molar-refractivity contribution >= 4 is 18.3 Å². The van der Waals surface area contributed by atoms with Crippen molar-refractivity contribution in [2.24, 2.45) is 5.92 Å². The van der Waals surface area contributed by atoms with E-state index in [1.54, 1.807) is 13.8 Å². The van der Waals surface area contributed by atoms with Crippen molar-refractivity contribution in [2.45, 2.75) is 20.3 Å². The van der Waals surface area contributed by atoms with Gasteiger partial charge < -0.3 is 10.6 Å². The lowest BCUT2D eigenvalue weighted by Crippen LogP contribution is -2.30. The highest BCUT2D eigenvalue weighted by molar-refractivity contribution is 5.91. The summed E-state index contributed by atoms with van der Waals surface area (Å²) in [7, 11) is 0. The molecule has 1 aliphatic rings. The molecule has 1 rings (SSSR count). The summed E-state index contributed by atoms with van der Waals surface area (Å²) in [4.78, 5) is 11.2. The first-order valence-electron chi connectivity index (χ1n) is 4.93. The number of carbonyl (C=O) groups excluding carboxylic acids is 1. The molecule has 0 radical (unpaired) electrons. The quantitative estimate of drug-likeness (QED) is 0.728. The van der Waals surface area contributed by atoms with Crippen LogP contribution in [-0.2, 0) is 4.79 Å². The van der Waals surface area contributed by atoms with Gasteiger partial charge in [-0.15, -0.1) is 12.4 Å². The first kappa shape index (κ1) is 14.4. The van der Waals surface area contributed by atoms with Gasteiger partial charge in [0.2, 0.25) is 0 Å². The van der Waals surface area contributed by atoms with Crippen LogP contribution in [0.2, 0.25) is 0 Å². The van der Waals surface area contributed by atoms with Gasteiger partial charge in [-0.1, -0.05) is 0 Å². The summed E-state index contributed by atoms with van der Waals surface area (Å²) in [6.07, 6.45) is 1.05. The molecule has 0 spiro atoms. The molecule has 15 heavy (non-hydrogen) atoms. The van der Waals surface area contributed by atoms with Crippen LogP contribution in [0.25, 0.3) is 0 Å². The van der Waals surface area contributed by atoms with E-state index in [2.05, 4.69) is 10.6 Å². The van der Waals surface area contributed by atoms with Crippen LogP contribution in [0.1, 0.15) is 20.3 Å². The Morgan fingerprint density at radius 1 is 1.53 bits per heavy atom. The number of rotatable bonds is 3. The Kier molecular flexibility index (Phi) is 6.52. The van der Waals surface area contributed by atoms with E-state index in [1.165, 1.54) is 0 Å². The second-order valence-corrected chi connectivity index (χ2v) is 3.88. The molecule has 5 heteroatoms. The Morgan fingerprint density at radius 3 is 2.67 bits per heavy atom. The standard InChI is InChI=1S/C10H17FN2O.ClH/c1-7(2)9(11)10(14)13-6-8-3-4-12-5-8;/h8,12H,3-6H2,1-2H3,(H,13,14);1H. The Bertz CT molecular complexity index is 246. The molecular weight excluding hydrogens is 219 g/mol. The van der Waals surface area contributed by atoms with Crippen molar-refractivity contribution in [3.63, 3.8) is 0 Å². The molecule has 1 fully saturated rings. The lowest BCUT2D eigenvalue weighted by molar-refractivity contribution is -0.119. The van der Waals surface area contributed by atoms with Gasteiger partial charge in [-0.25, -0.2) is 4.39 Å². The summed E-state index contributed by atoms with van der Waals surface area (Å²) in [5.74, 6) is -0.795. The number of halogens is 2. The minimum atomic E-state index is -0.657. The molecule has 0 aliphatic carbocycles. The second-order valence-electron chi connectivity index (χ2n) is 3.88. The molecular formula is C10H18ClFN2O. The molecule has 0 aromatic rings. The van der Waals surface area contributed by atoms with Crippen LogP contribution in [0.5, 0.6) is 0 Å². The summed E-state index contributed by atoms with van der Waals surface area (Å²) in [6.45, 7) is 5.65. The normalized spacial score (nSPS) is 19.3. The molecule has 0 aromatic heterocycles. The van der Waals surface area contributed by atoms with Gasteiger partial charge in [0.25, 0.3) is 5.91 Å². The monoisotopic (exact) mass is 236 g/mol. The smallest absolute Gasteiger partial charge is 0.279 e. The zero-order valence-electron chi connectivity index (χ0n) is 9.10. The third-order valence-electron chi connectivity index (χ3n) is 2.35. The Morgan fingerprint density at radius 2 is 2.20 bits per heavy atom. The average Bonchev–Trinajstić information content (AvgIpc) is 2.65. The van der Waals surface area contributed by atoms with Gasteiger partial charge in [0.05, 0.1) is 0 Å². The maximum atomic E-state index is 13.0. The van der Waals surface area contributed by atoms with Crippen LogP contribution in [0.3, 0.4) is 0 Å². The van der Waals surface area contributed by atoms with E-state index in [0.29, 0.717) is 18.0 Å². The maximum absolute atomic E-state index is 13.0. The lowest BCUT2D eigenvalue weighted by Gasteiger charge is -2.09. The van der Waals surface area contributed by atoms with Crippen molar-refractivity contribution in [2.75, 3.05) is 19.6 Å². The van der Waals surface area contributed by atoms with Crippen LogP contribution in [-0.4, -0.2) is 25.5 Å².